The number of rotatable bonds is 2. The molecule has 7 heteroatoms. The van der Waals surface area contributed by atoms with Gasteiger partial charge in [-0.15, -0.1) is 5.10 Å². The highest BCUT2D eigenvalue weighted by molar-refractivity contribution is 5.46. The van der Waals surface area contributed by atoms with E-state index in [0.29, 0.717) is 17.9 Å². The molecule has 0 aromatic carbocycles. The molecule has 0 aliphatic rings. The Morgan fingerprint density at radius 3 is 3.05 bits per heavy atom. The maximum Gasteiger partial charge on any atom is 0.258 e. The van der Waals surface area contributed by atoms with E-state index in [2.05, 4.69) is 15.1 Å². The largest absolute Gasteiger partial charge is 0.269 e. The molecule has 0 aliphatic carbocycles. The van der Waals surface area contributed by atoms with Gasteiger partial charge in [0.1, 0.15) is 18.0 Å². The Kier molecular flexibility index (Phi) is 2.76. The molecule has 0 N–H and O–H groups in total. The second kappa shape index (κ2) is 4.59. The van der Waals surface area contributed by atoms with Gasteiger partial charge < -0.3 is 0 Å². The Morgan fingerprint density at radius 1 is 1.45 bits per heavy atom. The molecule has 7 nitrogen and oxygen atoms in total. The van der Waals surface area contributed by atoms with Crippen molar-refractivity contribution in [2.24, 2.45) is 0 Å². The molecule has 0 bridgehead atoms. The maximum absolute atomic E-state index is 12.0. The highest BCUT2D eigenvalue weighted by Crippen LogP contribution is 2.06. The van der Waals surface area contributed by atoms with Crippen LogP contribution in [0.15, 0.2) is 35.5 Å². The van der Waals surface area contributed by atoms with Gasteiger partial charge in [-0.05, 0) is 18.6 Å². The van der Waals surface area contributed by atoms with E-state index in [9.17, 15) is 4.79 Å². The third-order valence-electron chi connectivity index (χ3n) is 2.90. The van der Waals surface area contributed by atoms with Gasteiger partial charge in [-0.2, -0.15) is 5.26 Å². The van der Waals surface area contributed by atoms with Crippen molar-refractivity contribution in [2.75, 3.05) is 0 Å². The molecule has 3 aromatic rings. The van der Waals surface area contributed by atoms with Crippen molar-refractivity contribution in [1.29, 1.82) is 5.26 Å². The molecule has 0 saturated heterocycles. The lowest BCUT2D eigenvalue weighted by molar-refractivity contribution is 0.667. The molecular weight excluding hydrogens is 256 g/mol. The standard InChI is InChI=1S/C13H10N6O/c1-9-3-2-4-19-12(20)5-10(16-13(9)19)7-18-8-15-11(6-14)17-18/h2-5,8H,7H2,1H3. The first-order chi connectivity index (χ1) is 9.67. The summed E-state index contributed by atoms with van der Waals surface area (Å²) in [5.74, 6) is 0.0960. The number of hydrogen-bond acceptors (Lipinski definition) is 5. The van der Waals surface area contributed by atoms with E-state index in [4.69, 9.17) is 5.26 Å². The number of pyridine rings is 1. The fourth-order valence-electron chi connectivity index (χ4n) is 1.98. The van der Waals surface area contributed by atoms with Gasteiger partial charge >= 0.3 is 0 Å². The van der Waals surface area contributed by atoms with Crippen LogP contribution in [0.4, 0.5) is 0 Å². The summed E-state index contributed by atoms with van der Waals surface area (Å²) in [7, 11) is 0. The van der Waals surface area contributed by atoms with Crippen LogP contribution in [0, 0.1) is 18.3 Å². The number of hydrogen-bond donors (Lipinski definition) is 0. The zero-order chi connectivity index (χ0) is 14.1. The summed E-state index contributed by atoms with van der Waals surface area (Å²) in [5, 5.41) is 12.6. The van der Waals surface area contributed by atoms with Gasteiger partial charge in [0.15, 0.2) is 0 Å². The van der Waals surface area contributed by atoms with Gasteiger partial charge in [-0.1, -0.05) is 6.07 Å². The second-order valence-corrected chi connectivity index (χ2v) is 4.35. The van der Waals surface area contributed by atoms with Crippen molar-refractivity contribution in [3.8, 4) is 6.07 Å². The van der Waals surface area contributed by atoms with Crippen molar-refractivity contribution < 1.29 is 0 Å². The fraction of sp³-hybridized carbons (Fsp3) is 0.154. The molecule has 0 fully saturated rings. The average molecular weight is 266 g/mol. The number of nitriles is 1. The van der Waals surface area contributed by atoms with Crippen molar-refractivity contribution in [3.63, 3.8) is 0 Å². The molecule has 0 atom stereocenters. The van der Waals surface area contributed by atoms with E-state index in [1.54, 1.807) is 6.20 Å². The molecule has 0 unspecified atom stereocenters. The fourth-order valence-corrected chi connectivity index (χ4v) is 1.98. The minimum absolute atomic E-state index is 0.0960. The Labute approximate surface area is 113 Å². The Morgan fingerprint density at radius 2 is 2.30 bits per heavy atom. The monoisotopic (exact) mass is 266 g/mol. The Hall–Kier alpha value is -3.01. The zero-order valence-corrected chi connectivity index (χ0v) is 10.7. The van der Waals surface area contributed by atoms with Crippen molar-refractivity contribution in [2.45, 2.75) is 13.5 Å². The molecule has 20 heavy (non-hydrogen) atoms. The van der Waals surface area contributed by atoms with Crippen molar-refractivity contribution in [3.05, 3.63) is 58.2 Å². The van der Waals surface area contributed by atoms with Crippen LogP contribution in [-0.2, 0) is 6.54 Å². The summed E-state index contributed by atoms with van der Waals surface area (Å²) in [6.07, 6.45) is 3.13. The lowest BCUT2D eigenvalue weighted by atomic mass is 10.3. The summed E-state index contributed by atoms with van der Waals surface area (Å²) in [6, 6.07) is 7.02. The third kappa shape index (κ3) is 2.03. The van der Waals surface area contributed by atoms with Gasteiger partial charge in [0.2, 0.25) is 0 Å². The molecule has 3 rings (SSSR count). The summed E-state index contributed by atoms with van der Waals surface area (Å²) >= 11 is 0. The SMILES string of the molecule is Cc1cccn2c(=O)cc(Cn3cnc(C#N)n3)nc12. The molecule has 0 amide bonds. The average Bonchev–Trinajstić information content (AvgIpc) is 2.88. The van der Waals surface area contributed by atoms with E-state index in [1.165, 1.54) is 21.5 Å². The molecule has 0 radical (unpaired) electrons. The van der Waals surface area contributed by atoms with E-state index >= 15 is 0 Å². The molecule has 0 saturated carbocycles. The van der Waals surface area contributed by atoms with E-state index in [-0.39, 0.29) is 11.4 Å². The summed E-state index contributed by atoms with van der Waals surface area (Å²) < 4.78 is 2.98. The highest BCUT2D eigenvalue weighted by atomic mass is 16.1. The van der Waals surface area contributed by atoms with E-state index in [0.717, 1.165) is 5.56 Å². The minimum Gasteiger partial charge on any atom is -0.269 e. The first-order valence-corrected chi connectivity index (χ1v) is 5.95. The van der Waals surface area contributed by atoms with Gasteiger partial charge in [0.25, 0.3) is 11.4 Å². The number of aryl methyl sites for hydroxylation is 1. The second-order valence-electron chi connectivity index (χ2n) is 4.35. The Bertz CT molecular complexity index is 886. The van der Waals surface area contributed by atoms with Gasteiger partial charge in [-0.25, -0.2) is 14.6 Å². The van der Waals surface area contributed by atoms with Crippen LogP contribution in [-0.4, -0.2) is 24.1 Å². The first-order valence-electron chi connectivity index (χ1n) is 5.95. The molecule has 3 heterocycles. The number of aromatic nitrogens is 5. The predicted molar refractivity (Wildman–Crippen MR) is 70.0 cm³/mol. The maximum atomic E-state index is 12.0. The van der Waals surface area contributed by atoms with Crippen LogP contribution in [0.1, 0.15) is 17.1 Å². The molecule has 0 aliphatic heterocycles. The molecule has 0 spiro atoms. The number of nitrogens with zero attached hydrogens (tertiary/aromatic N) is 6. The normalized spacial score (nSPS) is 10.6. The molecule has 98 valence electrons. The Balaban J connectivity index is 2.07. The summed E-state index contributed by atoms with van der Waals surface area (Å²) in [4.78, 5) is 20.3. The predicted octanol–water partition coefficient (Wildman–Crippen LogP) is 0.514. The van der Waals surface area contributed by atoms with Crippen molar-refractivity contribution in [1.82, 2.24) is 24.1 Å². The minimum atomic E-state index is -0.144. The third-order valence-corrected chi connectivity index (χ3v) is 2.90. The lowest BCUT2D eigenvalue weighted by Crippen LogP contribution is -2.17. The molecule has 3 aromatic heterocycles. The summed E-state index contributed by atoms with van der Waals surface area (Å²) in [5.41, 5.74) is 1.98. The van der Waals surface area contributed by atoms with Gasteiger partial charge in [0, 0.05) is 12.3 Å². The summed E-state index contributed by atoms with van der Waals surface area (Å²) in [6.45, 7) is 2.20. The van der Waals surface area contributed by atoms with Crippen LogP contribution in [0.5, 0.6) is 0 Å². The highest BCUT2D eigenvalue weighted by Gasteiger charge is 2.06. The topological polar surface area (TPSA) is 88.9 Å². The smallest absolute Gasteiger partial charge is 0.258 e. The van der Waals surface area contributed by atoms with Gasteiger partial charge in [0.05, 0.1) is 12.2 Å². The first kappa shape index (κ1) is 12.0. The zero-order valence-electron chi connectivity index (χ0n) is 10.7. The lowest BCUT2D eigenvalue weighted by Gasteiger charge is -2.05. The van der Waals surface area contributed by atoms with Crippen LogP contribution >= 0.6 is 0 Å². The van der Waals surface area contributed by atoms with Gasteiger partial charge in [-0.3, -0.25) is 9.20 Å². The van der Waals surface area contributed by atoms with E-state index < -0.39 is 0 Å². The number of fused-ring (bicyclic) bond motifs is 1. The van der Waals surface area contributed by atoms with E-state index in [1.807, 2.05) is 25.1 Å². The quantitative estimate of drug-likeness (QED) is 0.674. The molecular formula is C13H10N6O. The van der Waals surface area contributed by atoms with Crippen LogP contribution in [0.2, 0.25) is 0 Å². The van der Waals surface area contributed by atoms with Crippen LogP contribution in [0.25, 0.3) is 5.65 Å². The van der Waals surface area contributed by atoms with Crippen LogP contribution < -0.4 is 5.56 Å². The van der Waals surface area contributed by atoms with Crippen LogP contribution in [0.3, 0.4) is 0 Å². The van der Waals surface area contributed by atoms with Crippen molar-refractivity contribution >= 4 is 5.65 Å².